The third-order valence-electron chi connectivity index (χ3n) is 9.43. The van der Waals surface area contributed by atoms with E-state index in [0.717, 1.165) is 28.6 Å². The molecule has 1 heterocycles. The molecule has 0 spiro atoms. The number of nitro benzene ring substituents is 1. The van der Waals surface area contributed by atoms with Gasteiger partial charge in [-0.15, -0.1) is 0 Å². The predicted molar refractivity (Wildman–Crippen MR) is 159 cm³/mol. The van der Waals surface area contributed by atoms with Crippen LogP contribution >= 0.6 is 0 Å². The number of carbonyl (C=O) groups excluding carboxylic acids is 5. The number of imide groups is 1. The van der Waals surface area contributed by atoms with Gasteiger partial charge in [0.1, 0.15) is 18.0 Å². The summed E-state index contributed by atoms with van der Waals surface area (Å²) >= 11 is 0. The molecule has 3 fully saturated rings. The molecule has 6 atom stereocenters. The lowest BCUT2D eigenvalue weighted by atomic mass is 9.63. The largest absolute Gasteiger partial charge is 0.497 e. The second kappa shape index (κ2) is 11.1. The topological polar surface area (TPSA) is 153 Å². The lowest BCUT2D eigenvalue weighted by Gasteiger charge is -2.37. The highest BCUT2D eigenvalue weighted by molar-refractivity contribution is 6.10. The lowest BCUT2D eigenvalue weighted by molar-refractivity contribution is -0.384. The number of esters is 1. The van der Waals surface area contributed by atoms with Crippen molar-refractivity contribution in [1.29, 1.82) is 0 Å². The molecule has 232 valence electrons. The number of amides is 3. The van der Waals surface area contributed by atoms with Gasteiger partial charge < -0.3 is 9.47 Å². The van der Waals surface area contributed by atoms with Gasteiger partial charge in [0, 0.05) is 23.3 Å². The zero-order chi connectivity index (χ0) is 32.3. The number of non-ortho nitro benzene ring substituents is 1. The van der Waals surface area contributed by atoms with Gasteiger partial charge in [0.05, 0.1) is 29.4 Å². The Bertz CT molecular complexity index is 1800. The average molecular weight is 622 g/mol. The molecule has 1 saturated heterocycles. The van der Waals surface area contributed by atoms with Crippen LogP contribution in [0.1, 0.15) is 37.5 Å². The average Bonchev–Trinajstić information content (AvgIpc) is 3.86. The number of rotatable bonds is 9. The highest BCUT2D eigenvalue weighted by atomic mass is 16.6. The Balaban J connectivity index is 1.14. The number of nitro groups is 1. The van der Waals surface area contributed by atoms with Crippen LogP contribution in [0, 0.1) is 45.6 Å². The summed E-state index contributed by atoms with van der Waals surface area (Å²) in [4.78, 5) is 78.3. The van der Waals surface area contributed by atoms with Gasteiger partial charge in [0.15, 0.2) is 5.78 Å². The van der Waals surface area contributed by atoms with Crippen LogP contribution in [0.25, 0.3) is 0 Å². The second-order valence-corrected chi connectivity index (χ2v) is 11.9. The molecule has 12 nitrogen and oxygen atoms in total. The number of ether oxygens (including phenoxy) is 2. The summed E-state index contributed by atoms with van der Waals surface area (Å²) in [6, 6.07) is 16.8. The summed E-state index contributed by atoms with van der Waals surface area (Å²) in [5.41, 5.74) is 0.133. The Morgan fingerprint density at radius 2 is 1.46 bits per heavy atom. The molecule has 2 saturated carbocycles. The first-order chi connectivity index (χ1) is 22.2. The van der Waals surface area contributed by atoms with Crippen molar-refractivity contribution < 1.29 is 38.4 Å². The van der Waals surface area contributed by atoms with E-state index in [2.05, 4.69) is 0 Å². The van der Waals surface area contributed by atoms with Gasteiger partial charge in [-0.3, -0.25) is 29.3 Å². The molecule has 0 unspecified atom stereocenters. The minimum Gasteiger partial charge on any atom is -0.497 e. The van der Waals surface area contributed by atoms with E-state index in [1.807, 2.05) is 12.2 Å². The second-order valence-electron chi connectivity index (χ2n) is 11.9. The van der Waals surface area contributed by atoms with Crippen molar-refractivity contribution >= 4 is 35.2 Å². The number of ketones is 1. The normalized spacial score (nSPS) is 25.0. The number of hydrogen-bond donors (Lipinski definition) is 0. The molecular formula is C34H27N3O9. The quantitative estimate of drug-likeness (QED) is 0.0653. The van der Waals surface area contributed by atoms with Crippen molar-refractivity contribution in [3.05, 3.63) is 112 Å². The zero-order valence-corrected chi connectivity index (χ0v) is 24.5. The number of methoxy groups -OCH3 is 1. The SMILES string of the molecule is COc1cccc(C(=O)Oc2ccc(C(=O)CN(C(=O)c3ccc([N+](=O)[O-])cc3)N3C(=O)[C@@H]4[C@H]5C=C[C@@H]([C@@H]6C[C@H]56)[C@@H]4C3=O)cc2)c1. The van der Waals surface area contributed by atoms with Gasteiger partial charge in [0.25, 0.3) is 23.4 Å². The molecule has 0 N–H and O–H groups in total. The standard InChI is InChI=1S/C34H27N3O9/c1-45-23-4-2-3-20(15-23)34(42)46-22-11-7-18(8-12-22)28(38)17-35(31(39)19-5-9-21(10-6-19)37(43)44)36-32(40)29-24-13-14-25(27-16-26(24)27)30(29)33(36)41/h2-15,24-27,29-30H,16-17H2,1H3/t24-,25-,26-,27+,29-,30+/m0/s1. The summed E-state index contributed by atoms with van der Waals surface area (Å²) in [5.74, 6) is -3.16. The summed E-state index contributed by atoms with van der Waals surface area (Å²) in [6.07, 6.45) is 4.97. The Hall–Kier alpha value is -5.65. The predicted octanol–water partition coefficient (Wildman–Crippen LogP) is 4.12. The van der Waals surface area contributed by atoms with E-state index in [0.29, 0.717) is 17.6 Å². The number of hydrazine groups is 1. The fraction of sp³-hybridized carbons (Fsp3) is 0.265. The molecule has 0 radical (unpaired) electrons. The van der Waals surface area contributed by atoms with Crippen molar-refractivity contribution in [2.75, 3.05) is 13.7 Å². The van der Waals surface area contributed by atoms with Gasteiger partial charge in [-0.05, 0) is 84.7 Å². The first-order valence-corrected chi connectivity index (χ1v) is 14.8. The van der Waals surface area contributed by atoms with E-state index < -0.39 is 52.8 Å². The lowest BCUT2D eigenvalue weighted by Crippen LogP contribution is -2.52. The molecule has 4 aliphatic carbocycles. The van der Waals surface area contributed by atoms with Crippen LogP contribution in [0.15, 0.2) is 84.9 Å². The van der Waals surface area contributed by atoms with E-state index in [4.69, 9.17) is 9.47 Å². The smallest absolute Gasteiger partial charge is 0.343 e. The monoisotopic (exact) mass is 621 g/mol. The Kier molecular flexibility index (Phi) is 6.99. The van der Waals surface area contributed by atoms with Crippen LogP contribution in [0.4, 0.5) is 5.69 Å². The van der Waals surface area contributed by atoms with Gasteiger partial charge in [-0.2, -0.15) is 5.01 Å². The van der Waals surface area contributed by atoms with Crippen molar-refractivity contribution in [1.82, 2.24) is 10.0 Å². The minimum absolute atomic E-state index is 0.0300. The summed E-state index contributed by atoms with van der Waals surface area (Å²) in [7, 11) is 1.48. The molecule has 8 rings (SSSR count). The van der Waals surface area contributed by atoms with Crippen molar-refractivity contribution in [3.8, 4) is 11.5 Å². The fourth-order valence-corrected chi connectivity index (χ4v) is 7.14. The number of nitrogens with zero attached hydrogens (tertiary/aromatic N) is 3. The number of carbonyl (C=O) groups is 5. The molecule has 12 heteroatoms. The third-order valence-corrected chi connectivity index (χ3v) is 9.43. The van der Waals surface area contributed by atoms with Crippen LogP contribution in [-0.4, -0.2) is 58.1 Å². The fourth-order valence-electron chi connectivity index (χ4n) is 7.14. The summed E-state index contributed by atoms with van der Waals surface area (Å²) < 4.78 is 10.6. The van der Waals surface area contributed by atoms with Crippen LogP contribution in [-0.2, 0) is 9.59 Å². The highest BCUT2D eigenvalue weighted by Crippen LogP contribution is 2.65. The number of hydrogen-bond acceptors (Lipinski definition) is 9. The first kappa shape index (κ1) is 29.1. The van der Waals surface area contributed by atoms with Crippen LogP contribution < -0.4 is 9.47 Å². The molecule has 1 aliphatic heterocycles. The van der Waals surface area contributed by atoms with Crippen LogP contribution in [0.2, 0.25) is 0 Å². The number of allylic oxidation sites excluding steroid dienone is 2. The molecule has 3 aromatic rings. The maximum atomic E-state index is 13.9. The molecule has 2 bridgehead atoms. The maximum Gasteiger partial charge on any atom is 0.343 e. The first-order valence-electron chi connectivity index (χ1n) is 14.8. The van der Waals surface area contributed by atoms with Gasteiger partial charge in [-0.1, -0.05) is 18.2 Å². The maximum absolute atomic E-state index is 13.9. The zero-order valence-electron chi connectivity index (χ0n) is 24.5. The third kappa shape index (κ3) is 4.82. The molecule has 0 aromatic heterocycles. The molecular weight excluding hydrogens is 594 g/mol. The van der Waals surface area contributed by atoms with Crippen molar-refractivity contribution in [2.24, 2.45) is 35.5 Å². The Morgan fingerprint density at radius 1 is 0.848 bits per heavy atom. The Labute approximate surface area is 262 Å². The molecule has 3 amide bonds. The summed E-state index contributed by atoms with van der Waals surface area (Å²) in [5, 5.41) is 12.8. The van der Waals surface area contributed by atoms with E-state index in [1.165, 1.54) is 49.6 Å². The van der Waals surface area contributed by atoms with E-state index in [9.17, 15) is 34.1 Å². The summed E-state index contributed by atoms with van der Waals surface area (Å²) in [6.45, 7) is -0.648. The van der Waals surface area contributed by atoms with Crippen LogP contribution in [0.5, 0.6) is 11.5 Å². The molecule has 5 aliphatic rings. The molecule has 46 heavy (non-hydrogen) atoms. The van der Waals surface area contributed by atoms with Gasteiger partial charge >= 0.3 is 5.97 Å². The van der Waals surface area contributed by atoms with E-state index in [1.54, 1.807) is 18.2 Å². The van der Waals surface area contributed by atoms with Crippen LogP contribution in [0.3, 0.4) is 0 Å². The molecule has 3 aromatic carbocycles. The number of benzene rings is 3. The number of Topliss-reactive ketones (excluding diaryl/α,β-unsaturated/α-hetero) is 1. The highest BCUT2D eigenvalue weighted by Gasteiger charge is 2.68. The van der Waals surface area contributed by atoms with E-state index in [-0.39, 0.29) is 40.0 Å². The van der Waals surface area contributed by atoms with Crippen molar-refractivity contribution in [2.45, 2.75) is 6.42 Å². The van der Waals surface area contributed by atoms with Gasteiger partial charge in [0.2, 0.25) is 0 Å². The van der Waals surface area contributed by atoms with E-state index >= 15 is 0 Å². The van der Waals surface area contributed by atoms with Crippen molar-refractivity contribution in [3.63, 3.8) is 0 Å². The van der Waals surface area contributed by atoms with Gasteiger partial charge in [-0.25, -0.2) is 9.80 Å². The minimum atomic E-state index is -0.821. The Morgan fingerprint density at radius 3 is 2.04 bits per heavy atom.